The highest BCUT2D eigenvalue weighted by Gasteiger charge is 2.39. The first-order valence-electron chi connectivity index (χ1n) is 14.5. The molecule has 0 saturated carbocycles. The Morgan fingerprint density at radius 2 is 1.75 bits per heavy atom. The highest BCUT2D eigenvalue weighted by Crippen LogP contribution is 2.43. The summed E-state index contributed by atoms with van der Waals surface area (Å²) in [6.07, 6.45) is 0.293. The number of nitrogens with zero attached hydrogens (tertiary/aromatic N) is 2. The summed E-state index contributed by atoms with van der Waals surface area (Å²) in [7, 11) is 1.73. The number of amides is 1. The number of carbonyl (C=O) groups is 2. The smallest absolute Gasteiger partial charge is 0.321 e. The molecule has 0 spiro atoms. The van der Waals surface area contributed by atoms with Gasteiger partial charge >= 0.3 is 5.97 Å². The minimum atomic E-state index is -0.854. The second-order valence-electron chi connectivity index (χ2n) is 11.2. The molecule has 1 unspecified atom stereocenters. The number of hydrogen-bond acceptors (Lipinski definition) is 5. The molecule has 7 nitrogen and oxygen atoms in total. The van der Waals surface area contributed by atoms with Crippen LogP contribution in [-0.2, 0) is 29.2 Å². The zero-order valence-electron chi connectivity index (χ0n) is 24.4. The van der Waals surface area contributed by atoms with Crippen LogP contribution < -0.4 is 14.4 Å². The fourth-order valence-corrected chi connectivity index (χ4v) is 6.41. The van der Waals surface area contributed by atoms with Gasteiger partial charge < -0.3 is 19.5 Å². The van der Waals surface area contributed by atoms with E-state index in [9.17, 15) is 14.7 Å². The summed E-state index contributed by atoms with van der Waals surface area (Å²) < 4.78 is 12.3. The van der Waals surface area contributed by atoms with Crippen LogP contribution in [0.15, 0.2) is 84.9 Å². The van der Waals surface area contributed by atoms with Crippen molar-refractivity contribution in [1.29, 1.82) is 0 Å². The zero-order valence-corrected chi connectivity index (χ0v) is 25.9. The SMILES string of the molecule is CCC(c1ccccc1)N1Cc2cc3c(cc2C[C@H]1C(=O)O)N(C)C(=O)[C@H](c1ccc(OCc2ccc(Cl)c(Cl)c2)cc1)O3. The summed E-state index contributed by atoms with van der Waals surface area (Å²) in [5.74, 6) is 0.178. The van der Waals surface area contributed by atoms with Crippen LogP contribution in [0.3, 0.4) is 0 Å². The van der Waals surface area contributed by atoms with Crippen molar-refractivity contribution in [3.8, 4) is 11.5 Å². The van der Waals surface area contributed by atoms with Crippen molar-refractivity contribution in [2.75, 3.05) is 11.9 Å². The van der Waals surface area contributed by atoms with Crippen LogP contribution in [0.25, 0.3) is 0 Å². The first kappa shape index (κ1) is 30.0. The maximum Gasteiger partial charge on any atom is 0.321 e. The van der Waals surface area contributed by atoms with Crippen LogP contribution in [0, 0.1) is 0 Å². The van der Waals surface area contributed by atoms with Gasteiger partial charge in [0.2, 0.25) is 6.10 Å². The third-order valence-electron chi connectivity index (χ3n) is 8.44. The number of carboxylic acids is 1. The monoisotopic (exact) mass is 630 g/mol. The number of anilines is 1. The lowest BCUT2D eigenvalue weighted by Gasteiger charge is -2.41. The van der Waals surface area contributed by atoms with Gasteiger partial charge in [-0.15, -0.1) is 0 Å². The average Bonchev–Trinajstić information content (AvgIpc) is 3.03. The number of benzene rings is 4. The molecule has 3 atom stereocenters. The molecule has 226 valence electrons. The van der Waals surface area contributed by atoms with E-state index in [4.69, 9.17) is 32.7 Å². The van der Waals surface area contributed by atoms with E-state index >= 15 is 0 Å². The Labute approximate surface area is 266 Å². The Morgan fingerprint density at radius 3 is 2.43 bits per heavy atom. The van der Waals surface area contributed by atoms with Crippen molar-refractivity contribution in [1.82, 2.24) is 4.90 Å². The van der Waals surface area contributed by atoms with Gasteiger partial charge in [-0.1, -0.05) is 78.7 Å². The van der Waals surface area contributed by atoms with Gasteiger partial charge in [0.15, 0.2) is 0 Å². The van der Waals surface area contributed by atoms with Crippen LogP contribution in [0.5, 0.6) is 11.5 Å². The van der Waals surface area contributed by atoms with E-state index in [0.29, 0.717) is 52.4 Å². The summed E-state index contributed by atoms with van der Waals surface area (Å²) in [5.41, 5.74) is 5.24. The van der Waals surface area contributed by atoms with E-state index in [1.165, 1.54) is 0 Å². The fraction of sp³-hybridized carbons (Fsp3) is 0.257. The molecule has 0 radical (unpaired) electrons. The molecule has 2 aliphatic rings. The predicted octanol–water partition coefficient (Wildman–Crippen LogP) is 7.63. The number of carbonyl (C=O) groups excluding carboxylic acids is 1. The van der Waals surface area contributed by atoms with E-state index in [0.717, 1.165) is 28.7 Å². The molecule has 1 N–H and O–H groups in total. The summed E-state index contributed by atoms with van der Waals surface area (Å²) in [6, 6.07) is 25.8. The number of ether oxygens (including phenoxy) is 2. The Bertz CT molecular complexity index is 1700. The first-order valence-corrected chi connectivity index (χ1v) is 15.3. The fourth-order valence-electron chi connectivity index (χ4n) is 6.09. The van der Waals surface area contributed by atoms with Gasteiger partial charge in [-0.2, -0.15) is 0 Å². The summed E-state index contributed by atoms with van der Waals surface area (Å²) in [5, 5.41) is 11.2. The average molecular weight is 632 g/mol. The highest BCUT2D eigenvalue weighted by molar-refractivity contribution is 6.42. The predicted molar refractivity (Wildman–Crippen MR) is 171 cm³/mol. The second kappa shape index (κ2) is 12.5. The Kier molecular flexibility index (Phi) is 8.54. The third kappa shape index (κ3) is 5.87. The van der Waals surface area contributed by atoms with Crippen molar-refractivity contribution < 1.29 is 24.2 Å². The normalized spacial score (nSPS) is 18.6. The van der Waals surface area contributed by atoms with Gasteiger partial charge in [-0.3, -0.25) is 14.5 Å². The number of aliphatic carboxylic acids is 1. The van der Waals surface area contributed by atoms with Crippen molar-refractivity contribution in [3.63, 3.8) is 0 Å². The van der Waals surface area contributed by atoms with E-state index in [-0.39, 0.29) is 11.9 Å². The molecular weight excluding hydrogens is 599 g/mol. The molecule has 4 aromatic rings. The molecule has 2 aliphatic heterocycles. The number of halogens is 2. The standard InChI is InChI=1S/C35H32Cl2N2O5/c1-3-29(22-7-5-4-6-8-22)39-19-25-18-32-30(16-24(25)17-31(39)35(41)42)38(2)34(40)33(44-32)23-10-12-26(13-11-23)43-20-21-9-14-27(36)28(37)15-21/h4-16,18,29,31,33H,3,17,19-20H2,1-2H3,(H,41,42)/t29?,31-,33-/m0/s1. The third-order valence-corrected chi connectivity index (χ3v) is 9.18. The highest BCUT2D eigenvalue weighted by atomic mass is 35.5. The number of likely N-dealkylation sites (N-methyl/N-ethyl adjacent to an activating group) is 1. The molecule has 0 fully saturated rings. The Hall–Kier alpha value is -4.04. The molecule has 2 heterocycles. The van der Waals surface area contributed by atoms with Crippen molar-refractivity contribution in [2.45, 2.75) is 51.1 Å². The van der Waals surface area contributed by atoms with E-state index in [1.54, 1.807) is 24.1 Å². The Balaban J connectivity index is 1.23. The molecule has 9 heteroatoms. The van der Waals surface area contributed by atoms with Crippen LogP contribution in [0.1, 0.15) is 53.3 Å². The number of carboxylic acid groups (broad SMARTS) is 1. The van der Waals surface area contributed by atoms with Crippen LogP contribution in [0.4, 0.5) is 5.69 Å². The Morgan fingerprint density at radius 1 is 1.00 bits per heavy atom. The number of fused-ring (bicyclic) bond motifs is 2. The minimum absolute atomic E-state index is 0.0446. The molecule has 0 aromatic heterocycles. The van der Waals surface area contributed by atoms with Gasteiger partial charge in [0, 0.05) is 25.2 Å². The largest absolute Gasteiger partial charge is 0.489 e. The maximum absolute atomic E-state index is 13.5. The van der Waals surface area contributed by atoms with Crippen molar-refractivity contribution >= 4 is 40.8 Å². The lowest BCUT2D eigenvalue weighted by atomic mass is 9.89. The first-order chi connectivity index (χ1) is 21.2. The van der Waals surface area contributed by atoms with Crippen LogP contribution in [-0.4, -0.2) is 35.0 Å². The quantitative estimate of drug-likeness (QED) is 0.216. The van der Waals surface area contributed by atoms with Crippen LogP contribution >= 0.6 is 23.2 Å². The summed E-state index contributed by atoms with van der Waals surface area (Å²) >= 11 is 12.1. The van der Waals surface area contributed by atoms with Crippen molar-refractivity contribution in [2.24, 2.45) is 0 Å². The van der Waals surface area contributed by atoms with Gasteiger partial charge in [0.1, 0.15) is 24.1 Å². The lowest BCUT2D eigenvalue weighted by molar-refractivity contribution is -0.145. The molecule has 4 aromatic carbocycles. The van der Waals surface area contributed by atoms with Gasteiger partial charge in [0.25, 0.3) is 5.91 Å². The molecule has 44 heavy (non-hydrogen) atoms. The molecule has 1 amide bonds. The lowest BCUT2D eigenvalue weighted by Crippen LogP contribution is -2.47. The van der Waals surface area contributed by atoms with Gasteiger partial charge in [-0.25, -0.2) is 0 Å². The van der Waals surface area contributed by atoms with Crippen LogP contribution in [0.2, 0.25) is 10.0 Å². The molecule has 0 bridgehead atoms. The zero-order chi connectivity index (χ0) is 31.0. The van der Waals surface area contributed by atoms with Gasteiger partial charge in [0.05, 0.1) is 15.7 Å². The van der Waals surface area contributed by atoms with Gasteiger partial charge in [-0.05, 0) is 71.5 Å². The summed E-state index contributed by atoms with van der Waals surface area (Å²) in [6.45, 7) is 2.86. The minimum Gasteiger partial charge on any atom is -0.489 e. The van der Waals surface area contributed by atoms with E-state index in [2.05, 4.69) is 11.8 Å². The topological polar surface area (TPSA) is 79.3 Å². The second-order valence-corrected chi connectivity index (χ2v) is 12.0. The summed E-state index contributed by atoms with van der Waals surface area (Å²) in [4.78, 5) is 29.6. The molecule has 0 aliphatic carbocycles. The number of hydrogen-bond donors (Lipinski definition) is 1. The van der Waals surface area contributed by atoms with E-state index in [1.807, 2.05) is 72.8 Å². The maximum atomic E-state index is 13.5. The van der Waals surface area contributed by atoms with Crippen molar-refractivity contribution in [3.05, 3.63) is 123 Å². The number of rotatable bonds is 8. The molecule has 0 saturated heterocycles. The molecular formula is C35H32Cl2N2O5. The van der Waals surface area contributed by atoms with E-state index < -0.39 is 18.1 Å². The molecule has 6 rings (SSSR count).